The molecule has 1 saturated carbocycles. The van der Waals surface area contributed by atoms with Crippen LogP contribution in [0.2, 0.25) is 0 Å². The minimum Gasteiger partial charge on any atom is -0.508 e. The van der Waals surface area contributed by atoms with Gasteiger partial charge in [-0.05, 0) is 18.1 Å². The van der Waals surface area contributed by atoms with Crippen LogP contribution in [0.4, 0.5) is 0 Å². The van der Waals surface area contributed by atoms with Crippen molar-refractivity contribution in [3.63, 3.8) is 0 Å². The lowest BCUT2D eigenvalue weighted by molar-refractivity contribution is -0.161. The number of phenols is 1. The summed E-state index contributed by atoms with van der Waals surface area (Å²) in [7, 11) is 0. The number of ketones is 3. The molecule has 3 aliphatic rings. The Kier molecular flexibility index (Phi) is 5.61. The Morgan fingerprint density at radius 1 is 1.18 bits per heavy atom. The lowest BCUT2D eigenvalue weighted by atomic mass is 9.55. The van der Waals surface area contributed by atoms with Crippen LogP contribution in [0.1, 0.15) is 49.7 Å². The average Bonchev–Trinajstić information content (AvgIpc) is 2.76. The van der Waals surface area contributed by atoms with Gasteiger partial charge in [0.25, 0.3) is 5.91 Å². The molecule has 0 aromatic heterocycles. The number of amides is 1. The topological polar surface area (TPSA) is 195 Å². The lowest BCUT2D eigenvalue weighted by Gasteiger charge is -2.50. The van der Waals surface area contributed by atoms with Crippen molar-refractivity contribution in [3.8, 4) is 5.75 Å². The van der Waals surface area contributed by atoms with Crippen molar-refractivity contribution in [1.29, 1.82) is 0 Å². The molecule has 1 fully saturated rings. The number of benzene rings is 1. The monoisotopic (exact) mass is 471 g/mol. The molecule has 3 aliphatic carbocycles. The quantitative estimate of drug-likeness (QED) is 0.335. The van der Waals surface area contributed by atoms with Gasteiger partial charge in [-0.1, -0.05) is 19.1 Å². The Bertz CT molecular complexity index is 1200. The number of phenolic OH excluding ortho intramolecular Hbond substituents is 1. The van der Waals surface area contributed by atoms with Crippen LogP contribution in [0.25, 0.3) is 5.76 Å². The predicted molar refractivity (Wildman–Crippen MR) is 116 cm³/mol. The highest BCUT2D eigenvalue weighted by Crippen LogP contribution is 2.56. The predicted octanol–water partition coefficient (Wildman–Crippen LogP) is 0.695. The molecule has 1 aromatic carbocycles. The van der Waals surface area contributed by atoms with Crippen LogP contribution >= 0.6 is 0 Å². The number of nitrogens with two attached hydrogens (primary N) is 1. The van der Waals surface area contributed by atoms with Crippen molar-refractivity contribution in [3.05, 3.63) is 46.2 Å². The maximum Gasteiger partial charge on any atom is 0.255 e. The third-order valence-electron chi connectivity index (χ3n) is 7.15. The summed E-state index contributed by atoms with van der Waals surface area (Å²) in [5, 5.41) is 54.8. The van der Waals surface area contributed by atoms with Gasteiger partial charge in [-0.3, -0.25) is 19.2 Å². The van der Waals surface area contributed by atoms with Crippen molar-refractivity contribution in [1.82, 2.24) is 0 Å². The molecule has 10 nitrogen and oxygen atoms in total. The number of aliphatic hydroxyl groups excluding tert-OH is 3. The first-order valence-corrected chi connectivity index (χ1v) is 11.0. The van der Waals surface area contributed by atoms with E-state index in [0.717, 1.165) is 0 Å². The molecule has 0 spiro atoms. The normalized spacial score (nSPS) is 30.6. The SMILES string of the molecule is CCCC(=O)CC1c2cccc(O)c2C(O)=C2C(=O)C3(O)C(O)=C(C(N)=O)C(=O)CC3C(O)C21. The minimum atomic E-state index is -2.91. The van der Waals surface area contributed by atoms with E-state index in [1.807, 2.05) is 6.92 Å². The summed E-state index contributed by atoms with van der Waals surface area (Å²) in [5.74, 6) is -9.76. The van der Waals surface area contributed by atoms with E-state index >= 15 is 0 Å². The smallest absolute Gasteiger partial charge is 0.255 e. The van der Waals surface area contributed by atoms with Gasteiger partial charge in [-0.2, -0.15) is 0 Å². The van der Waals surface area contributed by atoms with E-state index < -0.39 is 76.0 Å². The molecule has 1 amide bonds. The number of aliphatic hydroxyl groups is 4. The Morgan fingerprint density at radius 2 is 1.85 bits per heavy atom. The molecule has 180 valence electrons. The molecular weight excluding hydrogens is 446 g/mol. The highest BCUT2D eigenvalue weighted by molar-refractivity contribution is 6.23. The number of hydrogen-bond donors (Lipinski definition) is 6. The first kappa shape index (κ1) is 23.7. The summed E-state index contributed by atoms with van der Waals surface area (Å²) in [5.41, 5.74) is 1.00. The van der Waals surface area contributed by atoms with Gasteiger partial charge in [0.05, 0.1) is 11.7 Å². The highest BCUT2D eigenvalue weighted by atomic mass is 16.4. The van der Waals surface area contributed by atoms with E-state index in [-0.39, 0.29) is 29.9 Å². The summed E-state index contributed by atoms with van der Waals surface area (Å²) >= 11 is 0. The highest BCUT2D eigenvalue weighted by Gasteiger charge is 2.65. The molecule has 5 unspecified atom stereocenters. The van der Waals surface area contributed by atoms with Crippen molar-refractivity contribution in [2.75, 3.05) is 0 Å². The van der Waals surface area contributed by atoms with Crippen LogP contribution in [0.3, 0.4) is 0 Å². The zero-order valence-corrected chi connectivity index (χ0v) is 18.3. The van der Waals surface area contributed by atoms with Crippen LogP contribution in [-0.2, 0) is 19.2 Å². The Morgan fingerprint density at radius 3 is 2.47 bits per heavy atom. The summed E-state index contributed by atoms with van der Waals surface area (Å²) in [6.07, 6.45) is -1.69. The summed E-state index contributed by atoms with van der Waals surface area (Å²) < 4.78 is 0. The van der Waals surface area contributed by atoms with E-state index in [1.165, 1.54) is 12.1 Å². The van der Waals surface area contributed by atoms with Crippen LogP contribution < -0.4 is 5.73 Å². The van der Waals surface area contributed by atoms with Crippen LogP contribution in [0.15, 0.2) is 35.1 Å². The van der Waals surface area contributed by atoms with E-state index in [1.54, 1.807) is 6.07 Å². The zero-order valence-electron chi connectivity index (χ0n) is 18.3. The van der Waals surface area contributed by atoms with Gasteiger partial charge in [0.1, 0.15) is 28.6 Å². The second-order valence-corrected chi connectivity index (χ2v) is 9.04. The molecule has 1 aromatic rings. The molecule has 0 radical (unpaired) electrons. The Hall–Kier alpha value is -3.50. The molecule has 34 heavy (non-hydrogen) atoms. The molecule has 10 heteroatoms. The van der Waals surface area contributed by atoms with Gasteiger partial charge in [0.2, 0.25) is 5.78 Å². The van der Waals surface area contributed by atoms with Crippen LogP contribution in [0.5, 0.6) is 5.75 Å². The van der Waals surface area contributed by atoms with Crippen molar-refractivity contribution >= 4 is 29.0 Å². The number of carbonyl (C=O) groups is 4. The number of Topliss-reactive ketones (excluding diaryl/α,β-unsaturated/α-hetero) is 3. The van der Waals surface area contributed by atoms with Gasteiger partial charge in [-0.25, -0.2) is 0 Å². The fraction of sp³-hybridized carbons (Fsp3) is 0.417. The second-order valence-electron chi connectivity index (χ2n) is 9.04. The first-order chi connectivity index (χ1) is 16.0. The summed E-state index contributed by atoms with van der Waals surface area (Å²) in [6.45, 7) is 1.81. The summed E-state index contributed by atoms with van der Waals surface area (Å²) in [4.78, 5) is 50.5. The first-order valence-electron chi connectivity index (χ1n) is 11.0. The van der Waals surface area contributed by atoms with Crippen molar-refractivity contribution in [2.45, 2.75) is 50.2 Å². The molecule has 0 saturated heterocycles. The third kappa shape index (κ3) is 3.09. The number of aromatic hydroxyl groups is 1. The van der Waals surface area contributed by atoms with E-state index in [2.05, 4.69) is 0 Å². The van der Waals surface area contributed by atoms with Crippen molar-refractivity contribution in [2.24, 2.45) is 17.6 Å². The maximum atomic E-state index is 13.6. The Labute approximate surface area is 194 Å². The standard InChI is InChI=1S/C24H25NO9/c1-2-4-9(26)7-11-10-5-3-6-13(27)15(10)20(30)18-16(11)19(29)12-8-14(28)17(23(25)33)21(31)24(12,34)22(18)32/h3,5-6,11-12,16,19,27,29-31,34H,2,4,7-8H2,1H3,(H2,25,33). The van der Waals surface area contributed by atoms with Crippen LogP contribution in [-0.4, -0.2) is 60.5 Å². The molecule has 7 N–H and O–H groups in total. The van der Waals surface area contributed by atoms with E-state index in [4.69, 9.17) is 5.73 Å². The fourth-order valence-electron chi connectivity index (χ4n) is 5.64. The summed E-state index contributed by atoms with van der Waals surface area (Å²) in [6, 6.07) is 4.32. The van der Waals surface area contributed by atoms with Gasteiger partial charge in [0.15, 0.2) is 11.4 Å². The number of hydrogen-bond acceptors (Lipinski definition) is 9. The minimum absolute atomic E-state index is 0.129. The third-order valence-corrected chi connectivity index (χ3v) is 7.15. The molecule has 0 heterocycles. The van der Waals surface area contributed by atoms with Gasteiger partial charge >= 0.3 is 0 Å². The molecular formula is C24H25NO9. The van der Waals surface area contributed by atoms with Gasteiger partial charge < -0.3 is 31.3 Å². The number of rotatable bonds is 5. The fourth-order valence-corrected chi connectivity index (χ4v) is 5.64. The van der Waals surface area contributed by atoms with Gasteiger partial charge in [0, 0.05) is 42.6 Å². The number of fused-ring (bicyclic) bond motifs is 3. The lowest BCUT2D eigenvalue weighted by Crippen LogP contribution is -2.64. The molecule has 0 aliphatic heterocycles. The molecule has 5 atom stereocenters. The largest absolute Gasteiger partial charge is 0.508 e. The maximum absolute atomic E-state index is 13.6. The zero-order chi connectivity index (χ0) is 25.1. The van der Waals surface area contributed by atoms with E-state index in [9.17, 15) is 44.7 Å². The van der Waals surface area contributed by atoms with E-state index in [0.29, 0.717) is 12.0 Å². The Balaban J connectivity index is 1.98. The molecule has 0 bridgehead atoms. The van der Waals surface area contributed by atoms with Gasteiger partial charge in [-0.15, -0.1) is 0 Å². The molecule has 4 rings (SSSR count). The number of carbonyl (C=O) groups excluding carboxylic acids is 4. The number of primary amides is 1. The average molecular weight is 471 g/mol. The van der Waals surface area contributed by atoms with Crippen LogP contribution in [0, 0.1) is 11.8 Å². The second kappa shape index (κ2) is 8.07. The van der Waals surface area contributed by atoms with Crippen molar-refractivity contribution < 1.29 is 44.7 Å².